The molecule has 1 aromatic heterocycles. The van der Waals surface area contributed by atoms with Crippen molar-refractivity contribution < 1.29 is 24.1 Å². The van der Waals surface area contributed by atoms with Gasteiger partial charge in [-0.2, -0.15) is 0 Å². The van der Waals surface area contributed by atoms with E-state index in [2.05, 4.69) is 4.98 Å². The van der Waals surface area contributed by atoms with E-state index < -0.39 is 0 Å². The zero-order valence-electron chi connectivity index (χ0n) is 18.1. The summed E-state index contributed by atoms with van der Waals surface area (Å²) in [6, 6.07) is 14.8. The largest absolute Gasteiger partial charge is 0.493 e. The summed E-state index contributed by atoms with van der Waals surface area (Å²) >= 11 is 0. The van der Waals surface area contributed by atoms with E-state index in [9.17, 15) is 4.79 Å². The van der Waals surface area contributed by atoms with Gasteiger partial charge in [0.1, 0.15) is 0 Å². The number of aliphatic hydroxyl groups excluding tert-OH is 1. The number of carbonyl (C=O) groups is 1. The van der Waals surface area contributed by atoms with Crippen molar-refractivity contribution in [3.63, 3.8) is 0 Å². The van der Waals surface area contributed by atoms with Crippen molar-refractivity contribution in [2.75, 3.05) is 27.9 Å². The van der Waals surface area contributed by atoms with Crippen molar-refractivity contribution in [3.8, 4) is 28.5 Å². The van der Waals surface area contributed by atoms with Crippen LogP contribution in [0.15, 0.2) is 54.7 Å². The number of hydrogen-bond acceptors (Lipinski definition) is 6. The van der Waals surface area contributed by atoms with E-state index in [1.807, 2.05) is 36.4 Å². The Bertz CT molecular complexity index is 1010. The molecule has 0 fully saturated rings. The summed E-state index contributed by atoms with van der Waals surface area (Å²) in [6.07, 6.45) is 3.88. The van der Waals surface area contributed by atoms with E-state index in [1.54, 1.807) is 18.3 Å². The summed E-state index contributed by atoms with van der Waals surface area (Å²) in [7, 11) is 4.57. The first-order valence-electron chi connectivity index (χ1n) is 10.1. The van der Waals surface area contributed by atoms with Gasteiger partial charge in [-0.15, -0.1) is 0 Å². The number of aryl methyl sites for hydroxylation is 1. The van der Waals surface area contributed by atoms with Crippen LogP contribution in [0.4, 0.5) is 0 Å². The van der Waals surface area contributed by atoms with Gasteiger partial charge in [0.2, 0.25) is 5.75 Å². The molecule has 31 heavy (non-hydrogen) atoms. The Kier molecular flexibility index (Phi) is 7.62. The lowest BCUT2D eigenvalue weighted by atomic mass is 9.92. The lowest BCUT2D eigenvalue weighted by molar-refractivity contribution is 0.103. The Morgan fingerprint density at radius 3 is 2.26 bits per heavy atom. The predicted molar refractivity (Wildman–Crippen MR) is 119 cm³/mol. The van der Waals surface area contributed by atoms with Gasteiger partial charge in [0.05, 0.1) is 27.0 Å². The molecular formula is C25H27NO5. The molecule has 1 N–H and O–H groups in total. The molecule has 2 aromatic carbocycles. The Hall–Kier alpha value is -3.38. The quantitative estimate of drug-likeness (QED) is 0.388. The molecule has 6 nitrogen and oxygen atoms in total. The van der Waals surface area contributed by atoms with Gasteiger partial charge in [-0.25, -0.2) is 0 Å². The number of ether oxygens (including phenoxy) is 3. The van der Waals surface area contributed by atoms with Crippen LogP contribution in [0.5, 0.6) is 17.2 Å². The van der Waals surface area contributed by atoms with Gasteiger partial charge in [0.15, 0.2) is 17.3 Å². The van der Waals surface area contributed by atoms with Crippen LogP contribution >= 0.6 is 0 Å². The molecule has 0 saturated heterocycles. The average molecular weight is 421 g/mol. The molecule has 0 aliphatic carbocycles. The highest BCUT2D eigenvalue weighted by Crippen LogP contribution is 2.39. The van der Waals surface area contributed by atoms with Gasteiger partial charge in [-0.3, -0.25) is 9.78 Å². The number of pyridine rings is 1. The van der Waals surface area contributed by atoms with E-state index in [0.29, 0.717) is 41.2 Å². The minimum absolute atomic E-state index is 0.127. The zero-order valence-corrected chi connectivity index (χ0v) is 18.1. The van der Waals surface area contributed by atoms with E-state index >= 15 is 0 Å². The summed E-state index contributed by atoms with van der Waals surface area (Å²) < 4.78 is 16.2. The van der Waals surface area contributed by atoms with Crippen molar-refractivity contribution >= 4 is 5.78 Å². The van der Waals surface area contributed by atoms with Crippen LogP contribution in [0.3, 0.4) is 0 Å². The third-order valence-electron chi connectivity index (χ3n) is 5.10. The molecule has 0 atom stereocenters. The second kappa shape index (κ2) is 10.6. The van der Waals surface area contributed by atoms with Gasteiger partial charge in [0.25, 0.3) is 0 Å². The van der Waals surface area contributed by atoms with Crippen LogP contribution < -0.4 is 14.2 Å². The smallest absolute Gasteiger partial charge is 0.203 e. The monoisotopic (exact) mass is 421 g/mol. The molecule has 0 saturated carbocycles. The molecule has 0 bridgehead atoms. The van der Waals surface area contributed by atoms with Crippen LogP contribution in [0.25, 0.3) is 11.3 Å². The maximum atomic E-state index is 13.6. The number of aromatic nitrogens is 1. The van der Waals surface area contributed by atoms with Gasteiger partial charge in [-0.1, -0.05) is 18.2 Å². The molecule has 0 radical (unpaired) electrons. The maximum absolute atomic E-state index is 13.6. The number of benzene rings is 2. The summed E-state index contributed by atoms with van der Waals surface area (Å²) in [5.41, 5.74) is 3.61. The molecule has 0 amide bonds. The Labute approximate surface area is 182 Å². The highest BCUT2D eigenvalue weighted by Gasteiger charge is 2.20. The van der Waals surface area contributed by atoms with Crippen LogP contribution in [0, 0.1) is 0 Å². The lowest BCUT2D eigenvalue weighted by Gasteiger charge is -2.15. The molecule has 3 rings (SSSR count). The lowest BCUT2D eigenvalue weighted by Crippen LogP contribution is -2.08. The number of rotatable bonds is 10. The van der Waals surface area contributed by atoms with Crippen molar-refractivity contribution in [3.05, 3.63) is 71.4 Å². The first-order valence-corrected chi connectivity index (χ1v) is 10.1. The Balaban J connectivity index is 2.09. The normalized spacial score (nSPS) is 10.6. The molecule has 0 aliphatic heterocycles. The third-order valence-corrected chi connectivity index (χ3v) is 5.10. The summed E-state index contributed by atoms with van der Waals surface area (Å²) in [6.45, 7) is 0.127. The highest BCUT2D eigenvalue weighted by atomic mass is 16.5. The second-order valence-electron chi connectivity index (χ2n) is 7.01. The van der Waals surface area contributed by atoms with Gasteiger partial charge < -0.3 is 19.3 Å². The molecule has 162 valence electrons. The van der Waals surface area contributed by atoms with Crippen LogP contribution in [0.2, 0.25) is 0 Å². The second-order valence-corrected chi connectivity index (χ2v) is 7.01. The van der Waals surface area contributed by atoms with E-state index in [-0.39, 0.29) is 12.4 Å². The molecule has 3 aromatic rings. The maximum Gasteiger partial charge on any atom is 0.203 e. The number of ketones is 1. The van der Waals surface area contributed by atoms with Gasteiger partial charge in [-0.05, 0) is 55.2 Å². The average Bonchev–Trinajstić information content (AvgIpc) is 2.83. The number of methoxy groups -OCH3 is 3. The topological polar surface area (TPSA) is 77.9 Å². The fourth-order valence-electron chi connectivity index (χ4n) is 3.49. The summed E-state index contributed by atoms with van der Waals surface area (Å²) in [4.78, 5) is 18.0. The molecule has 0 spiro atoms. The first kappa shape index (κ1) is 22.3. The molecule has 1 heterocycles. The SMILES string of the molecule is COc1cc(C(=O)c2cc(-c3ccccn3)ccc2CCCCO)cc(OC)c1OC. The van der Waals surface area contributed by atoms with Crippen LogP contribution in [-0.2, 0) is 6.42 Å². The first-order chi connectivity index (χ1) is 15.1. The molecular weight excluding hydrogens is 394 g/mol. The van der Waals surface area contributed by atoms with Gasteiger partial charge >= 0.3 is 0 Å². The Morgan fingerprint density at radius 1 is 0.935 bits per heavy atom. The molecule has 0 unspecified atom stereocenters. The number of nitrogens with zero attached hydrogens (tertiary/aromatic N) is 1. The summed E-state index contributed by atoms with van der Waals surface area (Å²) in [5.74, 6) is 1.14. The summed E-state index contributed by atoms with van der Waals surface area (Å²) in [5, 5.41) is 9.14. The van der Waals surface area contributed by atoms with Crippen LogP contribution in [-0.4, -0.2) is 43.8 Å². The van der Waals surface area contributed by atoms with Crippen molar-refractivity contribution in [1.82, 2.24) is 4.98 Å². The predicted octanol–water partition coefficient (Wildman–Crippen LogP) is 4.32. The zero-order chi connectivity index (χ0) is 22.2. The fourth-order valence-corrected chi connectivity index (χ4v) is 3.49. The highest BCUT2D eigenvalue weighted by molar-refractivity contribution is 6.11. The van der Waals surface area contributed by atoms with Crippen LogP contribution in [0.1, 0.15) is 34.3 Å². The number of unbranched alkanes of at least 4 members (excludes halogenated alkanes) is 1. The molecule has 6 heteroatoms. The van der Waals surface area contributed by atoms with E-state index in [1.165, 1.54) is 21.3 Å². The standard InChI is InChI=1S/C25H27NO5/c1-29-22-15-19(16-23(30-2)25(22)31-3)24(28)20-14-18(21-9-4-6-12-26-21)11-10-17(20)8-5-7-13-27/h4,6,9-12,14-16,27H,5,7-8,13H2,1-3H3. The number of hydrogen-bond donors (Lipinski definition) is 1. The minimum atomic E-state index is -0.143. The third kappa shape index (κ3) is 5.03. The van der Waals surface area contributed by atoms with Gasteiger partial charge in [0, 0.05) is 29.5 Å². The fraction of sp³-hybridized carbons (Fsp3) is 0.280. The van der Waals surface area contributed by atoms with Crippen molar-refractivity contribution in [2.45, 2.75) is 19.3 Å². The minimum Gasteiger partial charge on any atom is -0.493 e. The Morgan fingerprint density at radius 2 is 1.68 bits per heavy atom. The van der Waals surface area contributed by atoms with E-state index in [0.717, 1.165) is 23.2 Å². The van der Waals surface area contributed by atoms with Crippen molar-refractivity contribution in [2.24, 2.45) is 0 Å². The number of carbonyl (C=O) groups excluding carboxylic acids is 1. The van der Waals surface area contributed by atoms with Crippen molar-refractivity contribution in [1.29, 1.82) is 0 Å². The van der Waals surface area contributed by atoms with E-state index in [4.69, 9.17) is 19.3 Å². The molecule has 0 aliphatic rings. The number of aliphatic hydroxyl groups is 1.